The van der Waals surface area contributed by atoms with Gasteiger partial charge in [0.05, 0.1) is 17.7 Å². The molecule has 1 heterocycles. The number of nitrogens with zero attached hydrogens (tertiary/aromatic N) is 1. The zero-order valence-electron chi connectivity index (χ0n) is 11.7. The van der Waals surface area contributed by atoms with Crippen molar-refractivity contribution in [3.05, 3.63) is 41.6 Å². The van der Waals surface area contributed by atoms with Crippen molar-refractivity contribution < 1.29 is 18.1 Å². The van der Waals surface area contributed by atoms with Crippen molar-refractivity contribution in [3.63, 3.8) is 0 Å². The summed E-state index contributed by atoms with van der Waals surface area (Å²) in [4.78, 5) is 11.6. The monoisotopic (exact) mass is 294 g/mol. The molecule has 6 heteroatoms. The van der Waals surface area contributed by atoms with Crippen LogP contribution in [0.3, 0.4) is 0 Å². The van der Waals surface area contributed by atoms with E-state index < -0.39 is 11.6 Å². The third-order valence-corrected chi connectivity index (χ3v) is 2.95. The van der Waals surface area contributed by atoms with E-state index in [0.717, 1.165) is 25.0 Å². The zero-order valence-corrected chi connectivity index (χ0v) is 11.7. The summed E-state index contributed by atoms with van der Waals surface area (Å²) in [6.45, 7) is 2.65. The van der Waals surface area contributed by atoms with Crippen LogP contribution < -0.4 is 5.32 Å². The lowest BCUT2D eigenvalue weighted by atomic mass is 10.1. The molecular formula is C15H16F2N2O2. The van der Waals surface area contributed by atoms with Crippen LogP contribution in [0, 0.1) is 11.6 Å². The SMILES string of the molecule is CCCCNC(=O)Cc1cc(-c2ccc(F)cc2F)on1. The Labute approximate surface area is 121 Å². The molecule has 1 aromatic carbocycles. The maximum absolute atomic E-state index is 13.6. The maximum atomic E-state index is 13.6. The topological polar surface area (TPSA) is 55.1 Å². The molecule has 0 unspecified atom stereocenters. The first-order chi connectivity index (χ1) is 10.1. The van der Waals surface area contributed by atoms with Crippen molar-refractivity contribution in [3.8, 4) is 11.3 Å². The van der Waals surface area contributed by atoms with Gasteiger partial charge in [-0.25, -0.2) is 8.78 Å². The first kappa shape index (κ1) is 15.2. The molecule has 21 heavy (non-hydrogen) atoms. The fraction of sp³-hybridized carbons (Fsp3) is 0.333. The largest absolute Gasteiger partial charge is 0.356 e. The summed E-state index contributed by atoms with van der Waals surface area (Å²) in [5.41, 5.74) is 0.518. The summed E-state index contributed by atoms with van der Waals surface area (Å²) in [5, 5.41) is 6.48. The van der Waals surface area contributed by atoms with Gasteiger partial charge in [0, 0.05) is 18.7 Å². The predicted octanol–water partition coefficient (Wildman–Crippen LogP) is 3.08. The third-order valence-electron chi connectivity index (χ3n) is 2.95. The molecule has 0 atom stereocenters. The van der Waals surface area contributed by atoms with E-state index >= 15 is 0 Å². The lowest BCUT2D eigenvalue weighted by Crippen LogP contribution is -2.26. The summed E-state index contributed by atoms with van der Waals surface area (Å²) >= 11 is 0. The van der Waals surface area contributed by atoms with Gasteiger partial charge in [-0.05, 0) is 18.6 Å². The molecule has 1 aromatic heterocycles. The molecule has 0 fully saturated rings. The fourth-order valence-corrected chi connectivity index (χ4v) is 1.84. The van der Waals surface area contributed by atoms with E-state index in [2.05, 4.69) is 10.5 Å². The molecule has 0 aliphatic heterocycles. The van der Waals surface area contributed by atoms with Crippen LogP contribution in [0.25, 0.3) is 11.3 Å². The average Bonchev–Trinajstić information content (AvgIpc) is 2.87. The molecule has 0 aliphatic carbocycles. The van der Waals surface area contributed by atoms with Gasteiger partial charge in [-0.15, -0.1) is 0 Å². The molecule has 0 saturated heterocycles. The molecule has 1 N–H and O–H groups in total. The van der Waals surface area contributed by atoms with E-state index in [9.17, 15) is 13.6 Å². The Morgan fingerprint density at radius 1 is 1.33 bits per heavy atom. The first-order valence-electron chi connectivity index (χ1n) is 6.78. The number of rotatable bonds is 6. The van der Waals surface area contributed by atoms with Gasteiger partial charge in [0.15, 0.2) is 5.76 Å². The zero-order chi connectivity index (χ0) is 15.2. The third kappa shape index (κ3) is 4.11. The second-order valence-electron chi connectivity index (χ2n) is 4.69. The van der Waals surface area contributed by atoms with Crippen LogP contribution in [0.1, 0.15) is 25.5 Å². The number of unbranched alkanes of at least 4 members (excludes halogenated alkanes) is 1. The maximum Gasteiger partial charge on any atom is 0.226 e. The van der Waals surface area contributed by atoms with Gasteiger partial charge >= 0.3 is 0 Å². The van der Waals surface area contributed by atoms with Gasteiger partial charge in [0.25, 0.3) is 0 Å². The highest BCUT2D eigenvalue weighted by Gasteiger charge is 2.14. The number of carbonyl (C=O) groups excluding carboxylic acids is 1. The molecule has 0 aliphatic rings. The second kappa shape index (κ2) is 6.97. The van der Waals surface area contributed by atoms with Crippen LogP contribution in [-0.4, -0.2) is 17.6 Å². The molecule has 2 rings (SSSR count). The highest BCUT2D eigenvalue weighted by molar-refractivity contribution is 5.78. The van der Waals surface area contributed by atoms with Crippen molar-refractivity contribution in [2.24, 2.45) is 0 Å². The molecule has 112 valence electrons. The summed E-state index contributed by atoms with van der Waals surface area (Å²) in [6.07, 6.45) is 1.98. The van der Waals surface area contributed by atoms with Crippen LogP contribution in [0.5, 0.6) is 0 Å². The number of hydrogen-bond acceptors (Lipinski definition) is 3. The van der Waals surface area contributed by atoms with Gasteiger partial charge in [-0.1, -0.05) is 18.5 Å². The minimum Gasteiger partial charge on any atom is -0.356 e. The molecule has 0 bridgehead atoms. The molecule has 0 saturated carbocycles. The molecule has 0 spiro atoms. The van der Waals surface area contributed by atoms with E-state index in [1.165, 1.54) is 12.1 Å². The van der Waals surface area contributed by atoms with Crippen molar-refractivity contribution in [2.75, 3.05) is 6.54 Å². The Morgan fingerprint density at radius 2 is 2.14 bits per heavy atom. The quantitative estimate of drug-likeness (QED) is 0.833. The summed E-state index contributed by atoms with van der Waals surface area (Å²) < 4.78 is 31.5. The molecule has 0 radical (unpaired) electrons. The number of carbonyl (C=O) groups is 1. The summed E-state index contributed by atoms with van der Waals surface area (Å²) in [6, 6.07) is 4.67. The first-order valence-corrected chi connectivity index (χ1v) is 6.78. The molecular weight excluding hydrogens is 278 g/mol. The van der Waals surface area contributed by atoms with Gasteiger partial charge in [0.1, 0.15) is 11.6 Å². The Bertz CT molecular complexity index is 626. The van der Waals surface area contributed by atoms with Crippen molar-refractivity contribution in [1.29, 1.82) is 0 Å². The van der Waals surface area contributed by atoms with Gasteiger partial charge in [-0.3, -0.25) is 4.79 Å². The lowest BCUT2D eigenvalue weighted by molar-refractivity contribution is -0.120. The molecule has 1 amide bonds. The van der Waals surface area contributed by atoms with Gasteiger partial charge in [0.2, 0.25) is 5.91 Å². The Kier molecular flexibility index (Phi) is 5.03. The Balaban J connectivity index is 2.02. The van der Waals surface area contributed by atoms with E-state index in [4.69, 9.17) is 4.52 Å². The normalized spacial score (nSPS) is 10.6. The number of nitrogens with one attached hydrogen (secondary N) is 1. The second-order valence-corrected chi connectivity index (χ2v) is 4.69. The van der Waals surface area contributed by atoms with Crippen molar-refractivity contribution in [2.45, 2.75) is 26.2 Å². The standard InChI is InChI=1S/C15H16F2N2O2/c1-2-3-6-18-15(20)9-11-8-14(21-19-11)12-5-4-10(16)7-13(12)17/h4-5,7-8H,2-3,6,9H2,1H3,(H,18,20). The van der Waals surface area contributed by atoms with Gasteiger partial charge in [-0.2, -0.15) is 0 Å². The Morgan fingerprint density at radius 3 is 2.86 bits per heavy atom. The van der Waals surface area contributed by atoms with E-state index in [-0.39, 0.29) is 23.7 Å². The van der Waals surface area contributed by atoms with Crippen LogP contribution >= 0.6 is 0 Å². The predicted molar refractivity (Wildman–Crippen MR) is 73.5 cm³/mol. The number of halogens is 2. The van der Waals surface area contributed by atoms with Crippen molar-refractivity contribution in [1.82, 2.24) is 10.5 Å². The number of benzene rings is 1. The van der Waals surface area contributed by atoms with Crippen LogP contribution in [0.4, 0.5) is 8.78 Å². The summed E-state index contributed by atoms with van der Waals surface area (Å²) in [7, 11) is 0. The van der Waals surface area contributed by atoms with E-state index in [1.54, 1.807) is 0 Å². The fourth-order valence-electron chi connectivity index (χ4n) is 1.84. The van der Waals surface area contributed by atoms with Crippen LogP contribution in [0.15, 0.2) is 28.8 Å². The number of amides is 1. The molecule has 4 nitrogen and oxygen atoms in total. The minimum atomic E-state index is -0.731. The van der Waals surface area contributed by atoms with Crippen LogP contribution in [0.2, 0.25) is 0 Å². The van der Waals surface area contributed by atoms with Gasteiger partial charge < -0.3 is 9.84 Å². The summed E-state index contributed by atoms with van der Waals surface area (Å²) in [5.74, 6) is -1.39. The number of aromatic nitrogens is 1. The van der Waals surface area contributed by atoms with Crippen molar-refractivity contribution >= 4 is 5.91 Å². The smallest absolute Gasteiger partial charge is 0.226 e. The molecule has 2 aromatic rings. The highest BCUT2D eigenvalue weighted by atomic mass is 19.1. The minimum absolute atomic E-state index is 0.0655. The average molecular weight is 294 g/mol. The Hall–Kier alpha value is -2.24. The van der Waals surface area contributed by atoms with E-state index in [0.29, 0.717) is 12.2 Å². The lowest BCUT2D eigenvalue weighted by Gasteiger charge is -2.01. The number of hydrogen-bond donors (Lipinski definition) is 1. The van der Waals surface area contributed by atoms with Crippen LogP contribution in [-0.2, 0) is 11.2 Å². The van der Waals surface area contributed by atoms with E-state index in [1.807, 2.05) is 6.92 Å². The highest BCUT2D eigenvalue weighted by Crippen LogP contribution is 2.24.